The number of hydrogen-bond acceptors (Lipinski definition) is 2. The fourth-order valence-corrected chi connectivity index (χ4v) is 2.68. The lowest BCUT2D eigenvalue weighted by Gasteiger charge is -2.26. The summed E-state index contributed by atoms with van der Waals surface area (Å²) in [4.78, 5) is 0. The molecule has 1 fully saturated rings. The van der Waals surface area contributed by atoms with Gasteiger partial charge in [-0.2, -0.15) is 0 Å². The molecule has 1 saturated carbocycles. The van der Waals surface area contributed by atoms with Gasteiger partial charge in [-0.1, -0.05) is 32.0 Å². The average molecular weight is 247 g/mol. The lowest BCUT2D eigenvalue weighted by Crippen LogP contribution is -2.25. The lowest BCUT2D eigenvalue weighted by atomic mass is 9.90. The van der Waals surface area contributed by atoms with Gasteiger partial charge in [0, 0.05) is 11.6 Å². The number of benzene rings is 1. The first-order chi connectivity index (χ1) is 8.77. The first kappa shape index (κ1) is 13.4. The Bertz CT molecular complexity index is 373. The number of para-hydroxylation sites is 1. The third-order valence-corrected chi connectivity index (χ3v) is 3.92. The molecule has 0 bridgehead atoms. The van der Waals surface area contributed by atoms with Crippen molar-refractivity contribution in [2.75, 3.05) is 13.7 Å². The zero-order valence-corrected chi connectivity index (χ0v) is 11.8. The maximum Gasteiger partial charge on any atom is 0.124 e. The highest BCUT2D eigenvalue weighted by atomic mass is 16.5. The molecular formula is C16H25NO. The van der Waals surface area contributed by atoms with Crippen molar-refractivity contribution in [2.45, 2.75) is 39.2 Å². The first-order valence-corrected chi connectivity index (χ1v) is 7.17. The Balaban J connectivity index is 2.17. The van der Waals surface area contributed by atoms with E-state index in [4.69, 9.17) is 4.74 Å². The zero-order valence-electron chi connectivity index (χ0n) is 11.8. The molecule has 100 valence electrons. The number of nitrogens with one attached hydrogen (secondary N) is 1. The second-order valence-electron chi connectivity index (χ2n) is 5.35. The van der Waals surface area contributed by atoms with E-state index in [1.807, 2.05) is 0 Å². The highest BCUT2D eigenvalue weighted by Gasteiger charge is 2.34. The van der Waals surface area contributed by atoms with Crippen LogP contribution >= 0.6 is 0 Å². The highest BCUT2D eigenvalue weighted by Crippen LogP contribution is 2.44. The Morgan fingerprint density at radius 3 is 2.67 bits per heavy atom. The van der Waals surface area contributed by atoms with Crippen LogP contribution in [0.1, 0.15) is 44.7 Å². The second-order valence-corrected chi connectivity index (χ2v) is 5.35. The monoisotopic (exact) mass is 247 g/mol. The summed E-state index contributed by atoms with van der Waals surface area (Å²) >= 11 is 0. The van der Waals surface area contributed by atoms with Crippen molar-refractivity contribution >= 4 is 0 Å². The molecule has 0 aromatic heterocycles. The SMILES string of the molecule is CCCOc1ccccc1C(NC)C(C)C1CC1. The second kappa shape index (κ2) is 6.24. The van der Waals surface area contributed by atoms with Crippen LogP contribution in [0, 0.1) is 11.8 Å². The van der Waals surface area contributed by atoms with Crippen LogP contribution in [0.5, 0.6) is 5.75 Å². The van der Waals surface area contributed by atoms with Gasteiger partial charge in [0.25, 0.3) is 0 Å². The summed E-state index contributed by atoms with van der Waals surface area (Å²) < 4.78 is 5.88. The molecule has 0 saturated heterocycles. The maximum absolute atomic E-state index is 5.88. The normalized spacial score (nSPS) is 18.4. The number of hydrogen-bond donors (Lipinski definition) is 1. The molecular weight excluding hydrogens is 222 g/mol. The lowest BCUT2D eigenvalue weighted by molar-refractivity contribution is 0.298. The molecule has 2 atom stereocenters. The molecule has 2 rings (SSSR count). The zero-order chi connectivity index (χ0) is 13.0. The summed E-state index contributed by atoms with van der Waals surface area (Å²) in [7, 11) is 2.06. The topological polar surface area (TPSA) is 21.3 Å². The third-order valence-electron chi connectivity index (χ3n) is 3.92. The van der Waals surface area contributed by atoms with Gasteiger partial charge in [0.1, 0.15) is 5.75 Å². The highest BCUT2D eigenvalue weighted by molar-refractivity contribution is 5.36. The van der Waals surface area contributed by atoms with Gasteiger partial charge in [0.05, 0.1) is 6.61 Å². The molecule has 1 aliphatic rings. The quantitative estimate of drug-likeness (QED) is 0.791. The summed E-state index contributed by atoms with van der Waals surface area (Å²) in [6.07, 6.45) is 3.82. The maximum atomic E-state index is 5.88. The average Bonchev–Trinajstić information content (AvgIpc) is 3.22. The summed E-state index contributed by atoms with van der Waals surface area (Å²) in [6.45, 7) is 5.30. The fourth-order valence-electron chi connectivity index (χ4n) is 2.68. The van der Waals surface area contributed by atoms with E-state index in [-0.39, 0.29) is 0 Å². The van der Waals surface area contributed by atoms with Gasteiger partial charge in [-0.05, 0) is 44.2 Å². The predicted octanol–water partition coefficient (Wildman–Crippen LogP) is 3.78. The Morgan fingerprint density at radius 1 is 1.33 bits per heavy atom. The minimum absolute atomic E-state index is 0.408. The smallest absolute Gasteiger partial charge is 0.124 e. The molecule has 1 N–H and O–H groups in total. The van der Waals surface area contributed by atoms with Gasteiger partial charge in [0.15, 0.2) is 0 Å². The van der Waals surface area contributed by atoms with Crippen LogP contribution in [-0.2, 0) is 0 Å². The van der Waals surface area contributed by atoms with Crippen molar-refractivity contribution in [3.8, 4) is 5.75 Å². The molecule has 2 nitrogen and oxygen atoms in total. The van der Waals surface area contributed by atoms with Crippen LogP contribution in [0.4, 0.5) is 0 Å². The molecule has 0 aliphatic heterocycles. The number of rotatable bonds is 7. The molecule has 0 heterocycles. The van der Waals surface area contributed by atoms with E-state index in [2.05, 4.69) is 50.5 Å². The van der Waals surface area contributed by atoms with E-state index in [0.29, 0.717) is 12.0 Å². The van der Waals surface area contributed by atoms with Gasteiger partial charge < -0.3 is 10.1 Å². The van der Waals surface area contributed by atoms with Crippen molar-refractivity contribution < 1.29 is 4.74 Å². The molecule has 1 aromatic carbocycles. The van der Waals surface area contributed by atoms with E-state index in [1.165, 1.54) is 18.4 Å². The molecule has 0 spiro atoms. The van der Waals surface area contributed by atoms with Crippen molar-refractivity contribution in [1.82, 2.24) is 5.32 Å². The van der Waals surface area contributed by atoms with Gasteiger partial charge in [-0.25, -0.2) is 0 Å². The Labute approximate surface area is 111 Å². The minimum Gasteiger partial charge on any atom is -0.493 e. The number of ether oxygens (including phenoxy) is 1. The van der Waals surface area contributed by atoms with Crippen molar-refractivity contribution in [2.24, 2.45) is 11.8 Å². The molecule has 1 aromatic rings. The van der Waals surface area contributed by atoms with Crippen LogP contribution in [0.3, 0.4) is 0 Å². The largest absolute Gasteiger partial charge is 0.493 e. The van der Waals surface area contributed by atoms with Crippen LogP contribution in [0.25, 0.3) is 0 Å². The molecule has 1 aliphatic carbocycles. The summed E-state index contributed by atoms with van der Waals surface area (Å²) in [5.74, 6) is 2.62. The molecule has 0 radical (unpaired) electrons. The summed E-state index contributed by atoms with van der Waals surface area (Å²) in [6, 6.07) is 8.87. The van der Waals surface area contributed by atoms with Gasteiger partial charge in [-0.3, -0.25) is 0 Å². The van der Waals surface area contributed by atoms with E-state index in [9.17, 15) is 0 Å². The molecule has 2 unspecified atom stereocenters. The van der Waals surface area contributed by atoms with E-state index < -0.39 is 0 Å². The first-order valence-electron chi connectivity index (χ1n) is 7.17. The van der Waals surface area contributed by atoms with Gasteiger partial charge in [0.2, 0.25) is 0 Å². The molecule has 2 heteroatoms. The summed E-state index contributed by atoms with van der Waals surface area (Å²) in [5.41, 5.74) is 1.31. The van der Waals surface area contributed by atoms with Crippen LogP contribution < -0.4 is 10.1 Å². The van der Waals surface area contributed by atoms with Gasteiger partial charge >= 0.3 is 0 Å². The van der Waals surface area contributed by atoms with Gasteiger partial charge in [-0.15, -0.1) is 0 Å². The van der Waals surface area contributed by atoms with E-state index in [0.717, 1.165) is 24.7 Å². The van der Waals surface area contributed by atoms with E-state index in [1.54, 1.807) is 0 Å². The predicted molar refractivity (Wildman–Crippen MR) is 75.9 cm³/mol. The fraction of sp³-hybridized carbons (Fsp3) is 0.625. The Morgan fingerprint density at radius 2 is 2.06 bits per heavy atom. The van der Waals surface area contributed by atoms with Crippen LogP contribution in [0.2, 0.25) is 0 Å². The standard InChI is InChI=1S/C16H25NO/c1-4-11-18-15-8-6-5-7-14(15)16(17-3)12(2)13-9-10-13/h5-8,12-13,16-17H,4,9-11H2,1-3H3. The molecule has 0 amide bonds. The van der Waals surface area contributed by atoms with Crippen molar-refractivity contribution in [1.29, 1.82) is 0 Å². The van der Waals surface area contributed by atoms with E-state index >= 15 is 0 Å². The van der Waals surface area contributed by atoms with Crippen LogP contribution in [0.15, 0.2) is 24.3 Å². The Kier molecular flexibility index (Phi) is 4.65. The third kappa shape index (κ3) is 3.05. The Hall–Kier alpha value is -1.02. The van der Waals surface area contributed by atoms with Crippen molar-refractivity contribution in [3.05, 3.63) is 29.8 Å². The van der Waals surface area contributed by atoms with Crippen molar-refractivity contribution in [3.63, 3.8) is 0 Å². The molecule has 18 heavy (non-hydrogen) atoms. The van der Waals surface area contributed by atoms with Crippen LogP contribution in [-0.4, -0.2) is 13.7 Å². The minimum atomic E-state index is 0.408. The summed E-state index contributed by atoms with van der Waals surface area (Å²) in [5, 5.41) is 3.48.